The van der Waals surface area contributed by atoms with Crippen LogP contribution in [0.15, 0.2) is 33.9 Å². The Kier molecular flexibility index (Phi) is 4.40. The van der Waals surface area contributed by atoms with Gasteiger partial charge in [-0.15, -0.1) is 10.2 Å². The number of thioether (sulfide) groups is 1. The number of aryl methyl sites for hydroxylation is 1. The Morgan fingerprint density at radius 3 is 2.72 bits per heavy atom. The Labute approximate surface area is 109 Å². The number of hydrogen-bond donors (Lipinski definition) is 1. The van der Waals surface area contributed by atoms with Crippen LogP contribution in [0.5, 0.6) is 0 Å². The van der Waals surface area contributed by atoms with Gasteiger partial charge in [0.05, 0.1) is 5.75 Å². The fraction of sp³-hybridized carbons (Fsp3) is 0.231. The normalized spacial score (nSPS) is 9.89. The number of hydrogen-bond acceptors (Lipinski definition) is 5. The van der Waals surface area contributed by atoms with E-state index in [-0.39, 0.29) is 6.61 Å². The zero-order chi connectivity index (χ0) is 12.8. The van der Waals surface area contributed by atoms with Crippen molar-refractivity contribution in [1.82, 2.24) is 10.2 Å². The first-order valence-electron chi connectivity index (χ1n) is 5.39. The number of aliphatic hydroxyl groups is 1. The molecule has 0 bridgehead atoms. The average Bonchev–Trinajstić information content (AvgIpc) is 2.84. The molecule has 1 aromatic heterocycles. The lowest BCUT2D eigenvalue weighted by atomic mass is 10.1. The summed E-state index contributed by atoms with van der Waals surface area (Å²) in [5.74, 6) is 6.36. The molecule has 0 amide bonds. The molecule has 1 N–H and O–H groups in total. The number of benzene rings is 1. The summed E-state index contributed by atoms with van der Waals surface area (Å²) < 4.78 is 5.50. The van der Waals surface area contributed by atoms with Gasteiger partial charge < -0.3 is 9.52 Å². The molecule has 0 fully saturated rings. The Morgan fingerprint density at radius 1 is 1.22 bits per heavy atom. The smallest absolute Gasteiger partial charge is 0.277 e. The second-order valence-corrected chi connectivity index (χ2v) is 4.47. The van der Waals surface area contributed by atoms with Crippen LogP contribution in [-0.2, 0) is 0 Å². The molecule has 18 heavy (non-hydrogen) atoms. The quantitative estimate of drug-likeness (QED) is 0.676. The molecule has 92 valence electrons. The van der Waals surface area contributed by atoms with Gasteiger partial charge in [-0.1, -0.05) is 41.3 Å². The van der Waals surface area contributed by atoms with Crippen LogP contribution in [0.1, 0.15) is 5.56 Å². The topological polar surface area (TPSA) is 59.2 Å². The molecular formula is C13H12N2O2S. The van der Waals surface area contributed by atoms with Gasteiger partial charge in [0.25, 0.3) is 5.22 Å². The van der Waals surface area contributed by atoms with Crippen LogP contribution >= 0.6 is 11.8 Å². The molecule has 1 aromatic carbocycles. The van der Waals surface area contributed by atoms with Gasteiger partial charge in [0.2, 0.25) is 5.89 Å². The lowest BCUT2D eigenvalue weighted by Gasteiger charge is -1.94. The van der Waals surface area contributed by atoms with Crippen molar-refractivity contribution in [3.8, 4) is 23.3 Å². The molecule has 0 aliphatic heterocycles. The van der Waals surface area contributed by atoms with Gasteiger partial charge >= 0.3 is 0 Å². The summed E-state index contributed by atoms with van der Waals surface area (Å²) in [7, 11) is 0. The third-order valence-electron chi connectivity index (χ3n) is 2.18. The van der Waals surface area contributed by atoms with Crippen molar-refractivity contribution >= 4 is 11.8 Å². The van der Waals surface area contributed by atoms with Crippen LogP contribution in [0.25, 0.3) is 11.5 Å². The average molecular weight is 260 g/mol. The van der Waals surface area contributed by atoms with Gasteiger partial charge in [0, 0.05) is 5.56 Å². The predicted octanol–water partition coefficient (Wildman–Crippen LogP) is 2.13. The molecular weight excluding hydrogens is 248 g/mol. The molecule has 0 atom stereocenters. The molecule has 4 nitrogen and oxygen atoms in total. The van der Waals surface area contributed by atoms with Gasteiger partial charge in [-0.25, -0.2) is 0 Å². The molecule has 0 saturated heterocycles. The predicted molar refractivity (Wildman–Crippen MR) is 70.1 cm³/mol. The Bertz CT molecular complexity index is 567. The first-order chi connectivity index (χ1) is 8.79. The Hall–Kier alpha value is -1.77. The molecule has 0 aliphatic carbocycles. The first-order valence-corrected chi connectivity index (χ1v) is 6.38. The summed E-state index contributed by atoms with van der Waals surface area (Å²) in [5.41, 5.74) is 2.09. The van der Waals surface area contributed by atoms with E-state index in [1.165, 1.54) is 17.3 Å². The fourth-order valence-electron chi connectivity index (χ4n) is 1.29. The van der Waals surface area contributed by atoms with E-state index in [2.05, 4.69) is 22.0 Å². The van der Waals surface area contributed by atoms with Gasteiger partial charge in [0.15, 0.2) is 0 Å². The van der Waals surface area contributed by atoms with Crippen LogP contribution in [0.4, 0.5) is 0 Å². The highest BCUT2D eigenvalue weighted by atomic mass is 32.2. The van der Waals surface area contributed by atoms with E-state index < -0.39 is 0 Å². The third kappa shape index (κ3) is 3.36. The minimum absolute atomic E-state index is 0.126. The fourth-order valence-corrected chi connectivity index (χ4v) is 1.82. The Balaban J connectivity index is 2.03. The molecule has 1 heterocycles. The molecule has 5 heteroatoms. The highest BCUT2D eigenvalue weighted by Crippen LogP contribution is 2.22. The summed E-state index contributed by atoms with van der Waals surface area (Å²) in [4.78, 5) is 0. The lowest BCUT2D eigenvalue weighted by Crippen LogP contribution is -1.78. The minimum atomic E-state index is -0.126. The van der Waals surface area contributed by atoms with Crippen molar-refractivity contribution in [2.45, 2.75) is 12.1 Å². The summed E-state index contributed by atoms with van der Waals surface area (Å²) in [6.07, 6.45) is 0. The van der Waals surface area contributed by atoms with Crippen LogP contribution in [0, 0.1) is 18.8 Å². The van der Waals surface area contributed by atoms with Gasteiger partial charge in [-0.2, -0.15) is 0 Å². The number of aliphatic hydroxyl groups excluding tert-OH is 1. The second kappa shape index (κ2) is 6.24. The highest BCUT2D eigenvalue weighted by Gasteiger charge is 2.07. The van der Waals surface area contributed by atoms with Crippen molar-refractivity contribution in [1.29, 1.82) is 0 Å². The van der Waals surface area contributed by atoms with E-state index in [1.807, 2.05) is 31.2 Å². The van der Waals surface area contributed by atoms with Crippen molar-refractivity contribution in [2.75, 3.05) is 12.4 Å². The van der Waals surface area contributed by atoms with Gasteiger partial charge in [-0.05, 0) is 19.1 Å². The van der Waals surface area contributed by atoms with E-state index in [0.717, 1.165) is 5.56 Å². The molecule has 0 saturated carbocycles. The van der Waals surface area contributed by atoms with E-state index in [0.29, 0.717) is 16.9 Å². The largest absolute Gasteiger partial charge is 0.411 e. The summed E-state index contributed by atoms with van der Waals surface area (Å²) >= 11 is 1.35. The first kappa shape index (κ1) is 12.7. The van der Waals surface area contributed by atoms with Crippen molar-refractivity contribution in [3.63, 3.8) is 0 Å². The van der Waals surface area contributed by atoms with Gasteiger partial charge in [0.1, 0.15) is 6.61 Å². The Morgan fingerprint density at radius 2 is 2.00 bits per heavy atom. The summed E-state index contributed by atoms with van der Waals surface area (Å²) in [5, 5.41) is 16.9. The van der Waals surface area contributed by atoms with E-state index in [4.69, 9.17) is 9.52 Å². The number of aromatic nitrogens is 2. The summed E-state index contributed by atoms with van der Waals surface area (Å²) in [6.45, 7) is 1.90. The van der Waals surface area contributed by atoms with Crippen molar-refractivity contribution in [3.05, 3.63) is 29.8 Å². The van der Waals surface area contributed by atoms with Crippen molar-refractivity contribution < 1.29 is 9.52 Å². The van der Waals surface area contributed by atoms with Crippen LogP contribution in [0.2, 0.25) is 0 Å². The van der Waals surface area contributed by atoms with Crippen molar-refractivity contribution in [2.24, 2.45) is 0 Å². The lowest BCUT2D eigenvalue weighted by molar-refractivity contribution is 0.350. The van der Waals surface area contributed by atoms with Crippen LogP contribution in [0.3, 0.4) is 0 Å². The maximum atomic E-state index is 8.50. The van der Waals surface area contributed by atoms with E-state index in [1.54, 1.807) is 0 Å². The molecule has 0 spiro atoms. The third-order valence-corrected chi connectivity index (χ3v) is 2.88. The van der Waals surface area contributed by atoms with Gasteiger partial charge in [-0.3, -0.25) is 0 Å². The minimum Gasteiger partial charge on any atom is -0.411 e. The molecule has 0 unspecified atom stereocenters. The molecule has 0 aliphatic rings. The maximum absolute atomic E-state index is 8.50. The maximum Gasteiger partial charge on any atom is 0.277 e. The SMILES string of the molecule is Cc1ccc(-c2nnc(SCC#CCO)o2)cc1. The molecule has 2 aromatic rings. The van der Waals surface area contributed by atoms with Crippen LogP contribution < -0.4 is 0 Å². The molecule has 2 rings (SSSR count). The zero-order valence-electron chi connectivity index (χ0n) is 9.88. The van der Waals surface area contributed by atoms with Crippen LogP contribution in [-0.4, -0.2) is 27.7 Å². The standard InChI is InChI=1S/C13H12N2O2S/c1-10-4-6-11(7-5-10)12-14-15-13(17-12)18-9-3-2-8-16/h4-7,16H,8-9H2,1H3. The molecule has 0 radical (unpaired) electrons. The number of rotatable bonds is 3. The van der Waals surface area contributed by atoms with E-state index in [9.17, 15) is 0 Å². The zero-order valence-corrected chi connectivity index (χ0v) is 10.7. The second-order valence-electron chi connectivity index (χ2n) is 3.54. The highest BCUT2D eigenvalue weighted by molar-refractivity contribution is 7.99. The number of nitrogens with zero attached hydrogens (tertiary/aromatic N) is 2. The summed E-state index contributed by atoms with van der Waals surface area (Å²) in [6, 6.07) is 7.89. The monoisotopic (exact) mass is 260 g/mol. The van der Waals surface area contributed by atoms with E-state index >= 15 is 0 Å².